The van der Waals surface area contributed by atoms with Crippen molar-refractivity contribution in [3.05, 3.63) is 30.1 Å². The number of carbonyl (C=O) groups is 1. The SMILES string of the molecule is CC(=O)OC(c1ccccn1)C1CCCCC1. The molecule has 1 fully saturated rings. The van der Waals surface area contributed by atoms with Gasteiger partial charge in [-0.1, -0.05) is 25.3 Å². The molecule has 0 spiro atoms. The molecule has 1 aromatic heterocycles. The highest BCUT2D eigenvalue weighted by Gasteiger charge is 2.28. The van der Waals surface area contributed by atoms with Gasteiger partial charge in [0.25, 0.3) is 0 Å². The fourth-order valence-corrected chi connectivity index (χ4v) is 2.56. The van der Waals surface area contributed by atoms with Crippen LogP contribution in [0.3, 0.4) is 0 Å². The van der Waals surface area contributed by atoms with Crippen molar-refractivity contribution >= 4 is 5.97 Å². The molecule has 1 aliphatic carbocycles. The minimum atomic E-state index is -0.216. The Labute approximate surface area is 102 Å². The largest absolute Gasteiger partial charge is 0.456 e. The molecule has 1 heterocycles. The summed E-state index contributed by atoms with van der Waals surface area (Å²) < 4.78 is 5.47. The molecule has 1 atom stereocenters. The molecule has 3 nitrogen and oxygen atoms in total. The van der Waals surface area contributed by atoms with Crippen LogP contribution in [-0.2, 0) is 9.53 Å². The van der Waals surface area contributed by atoms with Gasteiger partial charge in [-0.05, 0) is 25.0 Å². The number of carbonyl (C=O) groups excluding carboxylic acids is 1. The van der Waals surface area contributed by atoms with Crippen molar-refractivity contribution in [2.45, 2.75) is 45.1 Å². The Morgan fingerprint density at radius 3 is 2.71 bits per heavy atom. The molecule has 0 aromatic carbocycles. The number of hydrogen-bond acceptors (Lipinski definition) is 3. The van der Waals surface area contributed by atoms with Gasteiger partial charge in [0, 0.05) is 19.0 Å². The van der Waals surface area contributed by atoms with E-state index in [-0.39, 0.29) is 12.1 Å². The van der Waals surface area contributed by atoms with Crippen molar-refractivity contribution in [2.24, 2.45) is 5.92 Å². The van der Waals surface area contributed by atoms with E-state index in [0.717, 1.165) is 18.5 Å². The Bertz CT molecular complexity index is 358. The van der Waals surface area contributed by atoms with Crippen LogP contribution in [0, 0.1) is 5.92 Å². The summed E-state index contributed by atoms with van der Waals surface area (Å²) in [5, 5.41) is 0. The molecule has 0 saturated heterocycles. The van der Waals surface area contributed by atoms with E-state index in [1.165, 1.54) is 26.2 Å². The fraction of sp³-hybridized carbons (Fsp3) is 0.571. The average Bonchev–Trinajstić information content (AvgIpc) is 2.38. The Hall–Kier alpha value is -1.38. The smallest absolute Gasteiger partial charge is 0.303 e. The lowest BCUT2D eigenvalue weighted by Crippen LogP contribution is -2.21. The third kappa shape index (κ3) is 3.29. The fourth-order valence-electron chi connectivity index (χ4n) is 2.56. The Morgan fingerprint density at radius 2 is 2.12 bits per heavy atom. The van der Waals surface area contributed by atoms with Crippen LogP contribution in [0.4, 0.5) is 0 Å². The van der Waals surface area contributed by atoms with Gasteiger partial charge in [0.1, 0.15) is 6.10 Å². The monoisotopic (exact) mass is 233 g/mol. The van der Waals surface area contributed by atoms with Gasteiger partial charge in [-0.15, -0.1) is 0 Å². The Morgan fingerprint density at radius 1 is 1.35 bits per heavy atom. The zero-order valence-corrected chi connectivity index (χ0v) is 10.3. The first-order valence-corrected chi connectivity index (χ1v) is 6.35. The second kappa shape index (κ2) is 5.80. The molecule has 0 aliphatic heterocycles. The first-order valence-electron chi connectivity index (χ1n) is 6.35. The molecule has 3 heteroatoms. The van der Waals surface area contributed by atoms with Crippen molar-refractivity contribution < 1.29 is 9.53 Å². The third-order valence-electron chi connectivity index (χ3n) is 3.35. The number of aromatic nitrogens is 1. The summed E-state index contributed by atoms with van der Waals surface area (Å²) in [7, 11) is 0. The number of hydrogen-bond donors (Lipinski definition) is 0. The quantitative estimate of drug-likeness (QED) is 0.752. The van der Waals surface area contributed by atoms with E-state index in [1.807, 2.05) is 18.2 Å². The molecule has 92 valence electrons. The first-order chi connectivity index (χ1) is 8.27. The second-order valence-corrected chi connectivity index (χ2v) is 4.68. The maximum atomic E-state index is 11.2. The van der Waals surface area contributed by atoms with E-state index in [4.69, 9.17) is 4.74 Å². The molecule has 1 aliphatic rings. The summed E-state index contributed by atoms with van der Waals surface area (Å²) in [6.45, 7) is 1.47. The van der Waals surface area contributed by atoms with E-state index in [9.17, 15) is 4.79 Å². The predicted molar refractivity (Wildman–Crippen MR) is 65.3 cm³/mol. The van der Waals surface area contributed by atoms with Crippen LogP contribution < -0.4 is 0 Å². The summed E-state index contributed by atoms with van der Waals surface area (Å²) in [5.41, 5.74) is 0.884. The van der Waals surface area contributed by atoms with Crippen molar-refractivity contribution in [3.63, 3.8) is 0 Å². The van der Waals surface area contributed by atoms with Crippen molar-refractivity contribution in [1.82, 2.24) is 4.98 Å². The van der Waals surface area contributed by atoms with Gasteiger partial charge in [-0.2, -0.15) is 0 Å². The van der Waals surface area contributed by atoms with Gasteiger partial charge in [0.05, 0.1) is 5.69 Å². The Balaban J connectivity index is 2.15. The molecule has 1 unspecified atom stereocenters. The molecule has 2 rings (SSSR count). The summed E-state index contributed by atoms with van der Waals surface area (Å²) in [5.74, 6) is 0.216. The zero-order valence-electron chi connectivity index (χ0n) is 10.3. The highest BCUT2D eigenvalue weighted by molar-refractivity contribution is 5.66. The van der Waals surface area contributed by atoms with Gasteiger partial charge < -0.3 is 4.74 Å². The van der Waals surface area contributed by atoms with E-state index < -0.39 is 0 Å². The van der Waals surface area contributed by atoms with Crippen molar-refractivity contribution in [1.29, 1.82) is 0 Å². The second-order valence-electron chi connectivity index (χ2n) is 4.68. The molecule has 1 aromatic rings. The van der Waals surface area contributed by atoms with Crippen LogP contribution in [0.5, 0.6) is 0 Å². The normalized spacial score (nSPS) is 18.6. The van der Waals surface area contributed by atoms with E-state index in [1.54, 1.807) is 6.20 Å². The topological polar surface area (TPSA) is 39.2 Å². The predicted octanol–water partition coefficient (Wildman–Crippen LogP) is 3.27. The maximum Gasteiger partial charge on any atom is 0.303 e. The molecular weight excluding hydrogens is 214 g/mol. The van der Waals surface area contributed by atoms with Crippen LogP contribution in [-0.4, -0.2) is 11.0 Å². The lowest BCUT2D eigenvalue weighted by Gasteiger charge is -2.29. The number of nitrogens with zero attached hydrogens (tertiary/aromatic N) is 1. The van der Waals surface area contributed by atoms with Crippen molar-refractivity contribution in [2.75, 3.05) is 0 Å². The summed E-state index contributed by atoms with van der Waals surface area (Å²) in [6.07, 6.45) is 7.63. The summed E-state index contributed by atoms with van der Waals surface area (Å²) in [4.78, 5) is 15.6. The highest BCUT2D eigenvalue weighted by atomic mass is 16.5. The van der Waals surface area contributed by atoms with Gasteiger partial charge >= 0.3 is 5.97 Å². The lowest BCUT2D eigenvalue weighted by atomic mass is 9.84. The number of esters is 1. The maximum absolute atomic E-state index is 11.2. The van der Waals surface area contributed by atoms with Crippen LogP contribution in [0.1, 0.15) is 50.8 Å². The molecule has 0 amide bonds. The molecule has 0 radical (unpaired) electrons. The molecule has 0 bridgehead atoms. The summed E-state index contributed by atoms with van der Waals surface area (Å²) >= 11 is 0. The molecular formula is C14H19NO2. The van der Waals surface area contributed by atoms with Gasteiger partial charge in [0.15, 0.2) is 0 Å². The summed E-state index contributed by atoms with van der Waals surface area (Å²) in [6, 6.07) is 5.78. The van der Waals surface area contributed by atoms with Crippen LogP contribution in [0.15, 0.2) is 24.4 Å². The van der Waals surface area contributed by atoms with E-state index in [2.05, 4.69) is 4.98 Å². The minimum absolute atomic E-state index is 0.158. The zero-order chi connectivity index (χ0) is 12.1. The first kappa shape index (κ1) is 12.1. The standard InChI is InChI=1S/C14H19NO2/c1-11(16)17-14(12-7-3-2-4-8-12)13-9-5-6-10-15-13/h5-6,9-10,12,14H,2-4,7-8H2,1H3. The van der Waals surface area contributed by atoms with Crippen LogP contribution in [0.2, 0.25) is 0 Å². The van der Waals surface area contributed by atoms with E-state index >= 15 is 0 Å². The van der Waals surface area contributed by atoms with Crippen LogP contribution >= 0.6 is 0 Å². The molecule has 1 saturated carbocycles. The number of rotatable bonds is 3. The average molecular weight is 233 g/mol. The van der Waals surface area contributed by atoms with E-state index in [0.29, 0.717) is 5.92 Å². The lowest BCUT2D eigenvalue weighted by molar-refractivity contribution is -0.150. The molecule has 0 N–H and O–H groups in total. The third-order valence-corrected chi connectivity index (χ3v) is 3.35. The highest BCUT2D eigenvalue weighted by Crippen LogP contribution is 2.36. The Kier molecular flexibility index (Phi) is 4.13. The molecule has 17 heavy (non-hydrogen) atoms. The number of ether oxygens (including phenoxy) is 1. The number of pyridine rings is 1. The van der Waals surface area contributed by atoms with Gasteiger partial charge in [0.2, 0.25) is 0 Å². The van der Waals surface area contributed by atoms with Gasteiger partial charge in [-0.25, -0.2) is 0 Å². The van der Waals surface area contributed by atoms with Gasteiger partial charge in [-0.3, -0.25) is 9.78 Å². The van der Waals surface area contributed by atoms with Crippen molar-refractivity contribution in [3.8, 4) is 0 Å². The minimum Gasteiger partial charge on any atom is -0.456 e. The van der Waals surface area contributed by atoms with Crippen LogP contribution in [0.25, 0.3) is 0 Å².